The van der Waals surface area contributed by atoms with Gasteiger partial charge in [-0.25, -0.2) is 0 Å². The first-order valence-corrected chi connectivity index (χ1v) is 7.39. The van der Waals surface area contributed by atoms with Gasteiger partial charge in [0.2, 0.25) is 0 Å². The van der Waals surface area contributed by atoms with Crippen molar-refractivity contribution in [1.82, 2.24) is 10.2 Å². The van der Waals surface area contributed by atoms with Crippen molar-refractivity contribution in [2.75, 3.05) is 19.7 Å². The Bertz CT molecular complexity index is 269. The maximum atomic E-state index is 11.6. The quantitative estimate of drug-likeness (QED) is 0.730. The van der Waals surface area contributed by atoms with Crippen molar-refractivity contribution in [3.05, 3.63) is 0 Å². The van der Waals surface area contributed by atoms with Gasteiger partial charge in [-0.3, -0.25) is 9.69 Å². The van der Waals surface area contributed by atoms with Gasteiger partial charge < -0.3 is 10.1 Å². The summed E-state index contributed by atoms with van der Waals surface area (Å²) in [6, 6.07) is 1.82. The third kappa shape index (κ3) is 3.23. The van der Waals surface area contributed by atoms with E-state index in [-0.39, 0.29) is 5.97 Å². The van der Waals surface area contributed by atoms with Crippen LogP contribution in [0.4, 0.5) is 0 Å². The zero-order valence-corrected chi connectivity index (χ0v) is 11.7. The molecule has 0 radical (unpaired) electrons. The molecule has 2 saturated heterocycles. The van der Waals surface area contributed by atoms with Crippen LogP contribution in [0.1, 0.15) is 46.0 Å². The maximum Gasteiger partial charge on any atom is 0.320 e. The zero-order chi connectivity index (χ0) is 13.0. The minimum Gasteiger partial charge on any atom is -0.465 e. The van der Waals surface area contributed by atoms with Gasteiger partial charge in [0, 0.05) is 18.1 Å². The molecule has 0 aromatic rings. The van der Waals surface area contributed by atoms with Crippen molar-refractivity contribution in [2.24, 2.45) is 0 Å². The van der Waals surface area contributed by atoms with Gasteiger partial charge in [-0.05, 0) is 45.6 Å². The fraction of sp³-hybridized carbons (Fsp3) is 0.929. The van der Waals surface area contributed by atoms with E-state index in [1.165, 1.54) is 32.1 Å². The summed E-state index contributed by atoms with van der Waals surface area (Å²) in [5.41, 5.74) is 0. The summed E-state index contributed by atoms with van der Waals surface area (Å²) in [4.78, 5) is 14.0. The molecule has 0 aliphatic carbocycles. The van der Waals surface area contributed by atoms with E-state index in [1.807, 2.05) is 6.92 Å². The third-order valence-corrected chi connectivity index (χ3v) is 4.18. The van der Waals surface area contributed by atoms with Crippen LogP contribution in [0.5, 0.6) is 0 Å². The van der Waals surface area contributed by atoms with Gasteiger partial charge in [0.1, 0.15) is 0 Å². The SMILES string of the molecule is CCCNC1CC2CCC(C1)N2CC(=O)OCC. The van der Waals surface area contributed by atoms with Gasteiger partial charge in [0.05, 0.1) is 13.2 Å². The van der Waals surface area contributed by atoms with Crippen LogP contribution < -0.4 is 5.32 Å². The molecule has 0 spiro atoms. The normalized spacial score (nSPS) is 31.6. The van der Waals surface area contributed by atoms with Gasteiger partial charge in [-0.2, -0.15) is 0 Å². The lowest BCUT2D eigenvalue weighted by Crippen LogP contribution is -2.50. The molecule has 4 heteroatoms. The molecule has 0 amide bonds. The molecule has 4 nitrogen and oxygen atoms in total. The highest BCUT2D eigenvalue weighted by Crippen LogP contribution is 2.35. The lowest BCUT2D eigenvalue weighted by Gasteiger charge is -2.38. The smallest absolute Gasteiger partial charge is 0.320 e. The van der Waals surface area contributed by atoms with Crippen LogP contribution in [0.15, 0.2) is 0 Å². The lowest BCUT2D eigenvalue weighted by molar-refractivity contribution is -0.145. The van der Waals surface area contributed by atoms with Crippen LogP contribution in [0.3, 0.4) is 0 Å². The van der Waals surface area contributed by atoms with Gasteiger partial charge in [-0.15, -0.1) is 0 Å². The largest absolute Gasteiger partial charge is 0.465 e. The third-order valence-electron chi connectivity index (χ3n) is 4.18. The summed E-state index contributed by atoms with van der Waals surface area (Å²) >= 11 is 0. The summed E-state index contributed by atoms with van der Waals surface area (Å²) in [5, 5.41) is 3.63. The first-order chi connectivity index (χ1) is 8.74. The number of fused-ring (bicyclic) bond motifs is 2. The first kappa shape index (κ1) is 13.8. The molecule has 2 unspecified atom stereocenters. The average molecular weight is 254 g/mol. The molecule has 2 bridgehead atoms. The lowest BCUT2D eigenvalue weighted by atomic mass is 9.97. The Morgan fingerprint density at radius 2 is 1.94 bits per heavy atom. The second kappa shape index (κ2) is 6.53. The number of hydrogen-bond acceptors (Lipinski definition) is 4. The highest BCUT2D eigenvalue weighted by molar-refractivity contribution is 5.71. The second-order valence-corrected chi connectivity index (χ2v) is 5.48. The Kier molecular flexibility index (Phi) is 5.01. The Balaban J connectivity index is 1.84. The van der Waals surface area contributed by atoms with Crippen LogP contribution in [0.25, 0.3) is 0 Å². The average Bonchev–Trinajstić information content (AvgIpc) is 2.60. The summed E-state index contributed by atoms with van der Waals surface area (Å²) in [6.07, 6.45) is 6.06. The molecule has 2 atom stereocenters. The van der Waals surface area contributed by atoms with E-state index in [1.54, 1.807) is 0 Å². The number of carbonyl (C=O) groups is 1. The van der Waals surface area contributed by atoms with Crippen LogP contribution in [0.2, 0.25) is 0 Å². The highest BCUT2D eigenvalue weighted by Gasteiger charge is 2.41. The zero-order valence-electron chi connectivity index (χ0n) is 11.7. The molecule has 18 heavy (non-hydrogen) atoms. The number of nitrogens with one attached hydrogen (secondary N) is 1. The van der Waals surface area contributed by atoms with E-state index >= 15 is 0 Å². The van der Waals surface area contributed by atoms with Crippen molar-refractivity contribution >= 4 is 5.97 Å². The van der Waals surface area contributed by atoms with E-state index in [4.69, 9.17) is 4.74 Å². The van der Waals surface area contributed by atoms with Crippen LogP contribution >= 0.6 is 0 Å². The van der Waals surface area contributed by atoms with E-state index in [2.05, 4.69) is 17.1 Å². The molecule has 104 valence electrons. The minimum absolute atomic E-state index is 0.0608. The molecule has 2 rings (SSSR count). The molecule has 0 saturated carbocycles. The van der Waals surface area contributed by atoms with Crippen molar-refractivity contribution < 1.29 is 9.53 Å². The predicted octanol–water partition coefficient (Wildman–Crippen LogP) is 1.54. The molecule has 2 heterocycles. The van der Waals surface area contributed by atoms with Gasteiger partial charge in [0.15, 0.2) is 0 Å². The molecular weight excluding hydrogens is 228 g/mol. The van der Waals surface area contributed by atoms with Crippen LogP contribution in [-0.2, 0) is 9.53 Å². The molecule has 2 fully saturated rings. The maximum absolute atomic E-state index is 11.6. The van der Waals surface area contributed by atoms with Gasteiger partial charge in [-0.1, -0.05) is 6.92 Å². The first-order valence-electron chi connectivity index (χ1n) is 7.39. The number of piperidine rings is 1. The number of carbonyl (C=O) groups excluding carboxylic acids is 1. The van der Waals surface area contributed by atoms with Gasteiger partial charge in [0.25, 0.3) is 0 Å². The number of ether oxygens (including phenoxy) is 1. The van der Waals surface area contributed by atoms with E-state index < -0.39 is 0 Å². The van der Waals surface area contributed by atoms with Crippen LogP contribution in [-0.4, -0.2) is 48.7 Å². The Morgan fingerprint density at radius 3 is 2.50 bits per heavy atom. The summed E-state index contributed by atoms with van der Waals surface area (Å²) < 4.78 is 5.06. The van der Waals surface area contributed by atoms with Crippen molar-refractivity contribution in [2.45, 2.75) is 64.1 Å². The molecule has 0 aromatic heterocycles. The number of esters is 1. The standard InChI is InChI=1S/C14H26N2O2/c1-3-7-15-11-8-12-5-6-13(9-11)16(12)10-14(17)18-4-2/h11-13,15H,3-10H2,1-2H3. The molecule has 2 aliphatic heterocycles. The molecular formula is C14H26N2O2. The molecule has 1 N–H and O–H groups in total. The Labute approximate surface area is 110 Å². The van der Waals surface area contributed by atoms with Crippen molar-refractivity contribution in [1.29, 1.82) is 0 Å². The summed E-state index contributed by atoms with van der Waals surface area (Å²) in [5.74, 6) is -0.0608. The summed E-state index contributed by atoms with van der Waals surface area (Å²) in [7, 11) is 0. The summed E-state index contributed by atoms with van der Waals surface area (Å²) in [6.45, 7) is 6.17. The Hall–Kier alpha value is -0.610. The molecule has 2 aliphatic rings. The fourth-order valence-electron chi connectivity index (χ4n) is 3.40. The monoisotopic (exact) mass is 254 g/mol. The topological polar surface area (TPSA) is 41.6 Å². The number of hydrogen-bond donors (Lipinski definition) is 1. The molecule has 0 aromatic carbocycles. The van der Waals surface area contributed by atoms with Gasteiger partial charge >= 0.3 is 5.97 Å². The van der Waals surface area contributed by atoms with E-state index in [0.29, 0.717) is 31.3 Å². The van der Waals surface area contributed by atoms with E-state index in [0.717, 1.165) is 6.54 Å². The number of rotatable bonds is 6. The predicted molar refractivity (Wildman–Crippen MR) is 71.5 cm³/mol. The Morgan fingerprint density at radius 1 is 1.28 bits per heavy atom. The fourth-order valence-corrected chi connectivity index (χ4v) is 3.40. The van der Waals surface area contributed by atoms with Crippen molar-refractivity contribution in [3.63, 3.8) is 0 Å². The van der Waals surface area contributed by atoms with E-state index in [9.17, 15) is 4.79 Å². The van der Waals surface area contributed by atoms with Crippen molar-refractivity contribution in [3.8, 4) is 0 Å². The second-order valence-electron chi connectivity index (χ2n) is 5.48. The number of nitrogens with zero attached hydrogens (tertiary/aromatic N) is 1. The highest BCUT2D eigenvalue weighted by atomic mass is 16.5. The van der Waals surface area contributed by atoms with Crippen LogP contribution in [0, 0.1) is 0 Å². The minimum atomic E-state index is -0.0608.